The minimum atomic E-state index is -0.956. The number of imide groups is 1. The molecule has 2 aromatic rings. The van der Waals surface area contributed by atoms with Crippen LogP contribution in [0.25, 0.3) is 0 Å². The van der Waals surface area contributed by atoms with Gasteiger partial charge in [0.15, 0.2) is 0 Å². The molecule has 0 radical (unpaired) electrons. The van der Waals surface area contributed by atoms with E-state index in [9.17, 15) is 18.8 Å². The number of carbonyl (C=O) groups excluding carboxylic acids is 3. The first-order valence-corrected chi connectivity index (χ1v) is 10.2. The van der Waals surface area contributed by atoms with Gasteiger partial charge in [-0.3, -0.25) is 19.3 Å². The first-order chi connectivity index (χ1) is 14.5. The second-order valence-electron chi connectivity index (χ2n) is 8.25. The molecule has 0 unspecified atom stereocenters. The Labute approximate surface area is 173 Å². The number of carbonyl (C=O) groups is 3. The molecule has 1 aliphatic heterocycles. The molecule has 30 heavy (non-hydrogen) atoms. The summed E-state index contributed by atoms with van der Waals surface area (Å²) < 4.78 is 13.2. The number of amides is 3. The number of hydrogen-bond donors (Lipinski definition) is 1. The average molecular weight is 404 g/mol. The SMILES string of the molecule is O=C(Nc1ccc(F)cc1)[C@H](Cc1ccccc1)N1C(=O)[C@@H]2[C@H](C1=O)[C@H]1C=C[C@H]2C1. The van der Waals surface area contributed by atoms with Gasteiger partial charge in [-0.2, -0.15) is 0 Å². The summed E-state index contributed by atoms with van der Waals surface area (Å²) in [6.07, 6.45) is 5.13. The maximum Gasteiger partial charge on any atom is 0.248 e. The Hall–Kier alpha value is -3.28. The zero-order valence-electron chi connectivity index (χ0n) is 16.2. The second kappa shape index (κ2) is 7.20. The minimum absolute atomic E-state index is 0.0824. The molecule has 2 fully saturated rings. The minimum Gasteiger partial charge on any atom is -0.324 e. The third-order valence-electron chi connectivity index (χ3n) is 6.50. The van der Waals surface area contributed by atoms with Crippen molar-refractivity contribution in [1.82, 2.24) is 4.90 Å². The summed E-state index contributed by atoms with van der Waals surface area (Å²) >= 11 is 0. The molecule has 1 saturated carbocycles. The fourth-order valence-corrected chi connectivity index (χ4v) is 5.13. The van der Waals surface area contributed by atoms with Crippen LogP contribution in [-0.4, -0.2) is 28.7 Å². The highest BCUT2D eigenvalue weighted by Crippen LogP contribution is 2.53. The van der Waals surface area contributed by atoms with Gasteiger partial charge in [0, 0.05) is 12.1 Å². The molecule has 0 aromatic heterocycles. The van der Waals surface area contributed by atoms with Crippen LogP contribution in [0.4, 0.5) is 10.1 Å². The fourth-order valence-electron chi connectivity index (χ4n) is 5.13. The number of nitrogens with zero attached hydrogens (tertiary/aromatic N) is 1. The van der Waals surface area contributed by atoms with E-state index in [2.05, 4.69) is 5.32 Å². The lowest BCUT2D eigenvalue weighted by molar-refractivity contribution is -0.147. The monoisotopic (exact) mass is 404 g/mol. The molecule has 1 N–H and O–H groups in total. The van der Waals surface area contributed by atoms with E-state index < -0.39 is 17.8 Å². The predicted molar refractivity (Wildman–Crippen MR) is 109 cm³/mol. The van der Waals surface area contributed by atoms with E-state index in [0.29, 0.717) is 5.69 Å². The van der Waals surface area contributed by atoms with Gasteiger partial charge in [0.1, 0.15) is 11.9 Å². The highest BCUT2D eigenvalue weighted by molar-refractivity contribution is 6.10. The summed E-state index contributed by atoms with van der Waals surface area (Å²) in [5.41, 5.74) is 1.27. The van der Waals surface area contributed by atoms with Crippen molar-refractivity contribution < 1.29 is 18.8 Å². The molecular weight excluding hydrogens is 383 g/mol. The van der Waals surface area contributed by atoms with E-state index in [1.807, 2.05) is 42.5 Å². The molecule has 1 heterocycles. The Morgan fingerprint density at radius 2 is 1.57 bits per heavy atom. The fraction of sp³-hybridized carbons (Fsp3) is 0.292. The second-order valence-corrected chi connectivity index (χ2v) is 8.25. The van der Waals surface area contributed by atoms with E-state index in [1.165, 1.54) is 29.2 Å². The number of anilines is 1. The van der Waals surface area contributed by atoms with Gasteiger partial charge in [0.05, 0.1) is 11.8 Å². The summed E-state index contributed by atoms with van der Waals surface area (Å²) in [4.78, 5) is 40.9. The molecule has 2 aromatic carbocycles. The molecule has 0 spiro atoms. The van der Waals surface area contributed by atoms with Gasteiger partial charge in [0.25, 0.3) is 0 Å². The van der Waals surface area contributed by atoms with Gasteiger partial charge < -0.3 is 5.32 Å². The van der Waals surface area contributed by atoms with Crippen molar-refractivity contribution in [2.24, 2.45) is 23.7 Å². The van der Waals surface area contributed by atoms with E-state index in [-0.39, 0.29) is 41.9 Å². The van der Waals surface area contributed by atoms with Crippen LogP contribution in [0.5, 0.6) is 0 Å². The molecule has 1 saturated heterocycles. The number of nitrogens with one attached hydrogen (secondary N) is 1. The lowest BCUT2D eigenvalue weighted by atomic mass is 9.85. The lowest BCUT2D eigenvalue weighted by Crippen LogP contribution is -2.49. The number of allylic oxidation sites excluding steroid dienone is 2. The molecule has 152 valence electrons. The molecule has 2 bridgehead atoms. The van der Waals surface area contributed by atoms with Gasteiger partial charge in [-0.05, 0) is 48.1 Å². The third-order valence-corrected chi connectivity index (χ3v) is 6.50. The normalized spacial score (nSPS) is 27.4. The van der Waals surface area contributed by atoms with E-state index in [1.54, 1.807) is 0 Å². The zero-order valence-corrected chi connectivity index (χ0v) is 16.2. The van der Waals surface area contributed by atoms with E-state index in [0.717, 1.165) is 12.0 Å². The van der Waals surface area contributed by atoms with Crippen LogP contribution < -0.4 is 5.32 Å². The molecule has 3 aliphatic rings. The van der Waals surface area contributed by atoms with Crippen LogP contribution >= 0.6 is 0 Å². The first kappa shape index (κ1) is 18.7. The van der Waals surface area contributed by atoms with Gasteiger partial charge >= 0.3 is 0 Å². The van der Waals surface area contributed by atoms with Crippen LogP contribution in [0.2, 0.25) is 0 Å². The number of likely N-dealkylation sites (tertiary alicyclic amines) is 1. The van der Waals surface area contributed by atoms with Crippen molar-refractivity contribution in [2.45, 2.75) is 18.9 Å². The van der Waals surface area contributed by atoms with Gasteiger partial charge in [0.2, 0.25) is 17.7 Å². The molecule has 5 rings (SSSR count). The van der Waals surface area contributed by atoms with Gasteiger partial charge in [-0.15, -0.1) is 0 Å². The molecule has 3 amide bonds. The summed E-state index contributed by atoms with van der Waals surface area (Å²) in [7, 11) is 0. The Kier molecular flexibility index (Phi) is 4.50. The Balaban J connectivity index is 1.45. The molecule has 6 heteroatoms. The van der Waals surface area contributed by atoms with Crippen molar-refractivity contribution in [3.05, 3.63) is 78.1 Å². The van der Waals surface area contributed by atoms with Crippen molar-refractivity contribution in [3.63, 3.8) is 0 Å². The topological polar surface area (TPSA) is 66.5 Å². The van der Waals surface area contributed by atoms with Crippen molar-refractivity contribution in [1.29, 1.82) is 0 Å². The molecule has 2 aliphatic carbocycles. The maximum atomic E-state index is 13.3. The van der Waals surface area contributed by atoms with Crippen LogP contribution in [0.1, 0.15) is 12.0 Å². The number of rotatable bonds is 5. The Morgan fingerprint density at radius 1 is 0.967 bits per heavy atom. The summed E-state index contributed by atoms with van der Waals surface area (Å²) in [5, 5.41) is 2.74. The van der Waals surface area contributed by atoms with Gasteiger partial charge in [-0.1, -0.05) is 42.5 Å². The number of halogens is 1. The molecule has 5 atom stereocenters. The van der Waals surface area contributed by atoms with Crippen LogP contribution in [0, 0.1) is 29.5 Å². The van der Waals surface area contributed by atoms with Gasteiger partial charge in [-0.25, -0.2) is 4.39 Å². The van der Waals surface area contributed by atoms with Crippen LogP contribution in [0.3, 0.4) is 0 Å². The summed E-state index contributed by atoms with van der Waals surface area (Å²) in [5.74, 6) is -1.91. The first-order valence-electron chi connectivity index (χ1n) is 10.2. The summed E-state index contributed by atoms with van der Waals surface area (Å²) in [6, 6.07) is 13.8. The predicted octanol–water partition coefficient (Wildman–Crippen LogP) is 3.18. The molecular formula is C24H21FN2O3. The standard InChI is InChI=1S/C24H21FN2O3/c25-17-8-10-18(11-9-17)26-22(28)19(12-14-4-2-1-3-5-14)27-23(29)20-15-6-7-16(13-15)21(20)24(27)30/h1-11,15-16,19-21H,12-13H2,(H,26,28)/t15-,16-,19-,20-,21+/m0/s1. The van der Waals surface area contributed by atoms with E-state index in [4.69, 9.17) is 0 Å². The van der Waals surface area contributed by atoms with Crippen molar-refractivity contribution in [3.8, 4) is 0 Å². The molecule has 5 nitrogen and oxygen atoms in total. The van der Waals surface area contributed by atoms with Crippen molar-refractivity contribution in [2.75, 3.05) is 5.32 Å². The zero-order chi connectivity index (χ0) is 20.8. The average Bonchev–Trinajstić information content (AvgIpc) is 3.43. The van der Waals surface area contributed by atoms with E-state index >= 15 is 0 Å². The number of fused-ring (bicyclic) bond motifs is 5. The Morgan fingerprint density at radius 3 is 2.17 bits per heavy atom. The van der Waals surface area contributed by atoms with Crippen LogP contribution in [0.15, 0.2) is 66.7 Å². The smallest absolute Gasteiger partial charge is 0.248 e. The number of hydrogen-bond acceptors (Lipinski definition) is 3. The highest BCUT2D eigenvalue weighted by Gasteiger charge is 2.61. The summed E-state index contributed by atoms with van der Waals surface area (Å²) in [6.45, 7) is 0. The number of benzene rings is 2. The lowest BCUT2D eigenvalue weighted by Gasteiger charge is -2.27. The maximum absolute atomic E-state index is 13.3. The highest BCUT2D eigenvalue weighted by atomic mass is 19.1. The Bertz CT molecular complexity index is 1000. The third kappa shape index (κ3) is 3.03. The quantitative estimate of drug-likeness (QED) is 0.615. The van der Waals surface area contributed by atoms with Crippen LogP contribution in [-0.2, 0) is 20.8 Å². The van der Waals surface area contributed by atoms with Crippen molar-refractivity contribution >= 4 is 23.4 Å². The largest absolute Gasteiger partial charge is 0.324 e.